The van der Waals surface area contributed by atoms with E-state index in [1.165, 1.54) is 54.2 Å². The highest BCUT2D eigenvalue weighted by atomic mass is 35.5. The third-order valence-corrected chi connectivity index (χ3v) is 6.12. The van der Waals surface area contributed by atoms with Gasteiger partial charge >= 0.3 is 0 Å². The topological polar surface area (TPSA) is 164 Å². The van der Waals surface area contributed by atoms with Crippen LogP contribution < -0.4 is 15.8 Å². The van der Waals surface area contributed by atoms with Crippen molar-refractivity contribution in [3.63, 3.8) is 0 Å². The summed E-state index contributed by atoms with van der Waals surface area (Å²) in [5, 5.41) is 26.2. The number of hydrogen-bond donors (Lipinski definition) is 4. The first-order valence-corrected chi connectivity index (χ1v) is 11.7. The van der Waals surface area contributed by atoms with Crippen LogP contribution in [0.15, 0.2) is 57.0 Å². The van der Waals surface area contributed by atoms with E-state index in [9.17, 15) is 17.6 Å². The van der Waals surface area contributed by atoms with Gasteiger partial charge in [0.2, 0.25) is 10.0 Å². The first kappa shape index (κ1) is 23.7. The van der Waals surface area contributed by atoms with E-state index in [-0.39, 0.29) is 33.6 Å². The Kier molecular flexibility index (Phi) is 7.45. The molecule has 0 spiro atoms. The molecule has 14 heteroatoms. The highest BCUT2D eigenvalue weighted by Gasteiger charge is 2.17. The summed E-state index contributed by atoms with van der Waals surface area (Å²) in [6.07, 6.45) is 0. The summed E-state index contributed by atoms with van der Waals surface area (Å²) in [5.74, 6) is -0.716. The maximum Gasteiger partial charge on any atom is 0.251 e. The van der Waals surface area contributed by atoms with Gasteiger partial charge in [-0.3, -0.25) is 10.2 Å². The lowest BCUT2D eigenvalue weighted by Gasteiger charge is -2.07. The lowest BCUT2D eigenvalue weighted by atomic mass is 10.2. The minimum atomic E-state index is -3.83. The molecule has 0 aliphatic heterocycles. The highest BCUT2D eigenvalue weighted by Crippen LogP contribution is 2.22. The SMILES string of the molecule is N=C(Nc1ccc(F)c(Cl)c1)c1nonc1SCCNC(=O)c1ccc(S(N)(=O)=O)cc1. The van der Waals surface area contributed by atoms with Crippen molar-refractivity contribution in [2.45, 2.75) is 9.92 Å². The predicted octanol–water partition coefficient (Wildman–Crippen LogP) is 2.47. The highest BCUT2D eigenvalue weighted by molar-refractivity contribution is 7.99. The number of nitrogens with zero attached hydrogens (tertiary/aromatic N) is 2. The molecular formula is C18H16ClFN6O4S2. The van der Waals surface area contributed by atoms with Crippen LogP contribution in [0.1, 0.15) is 16.1 Å². The number of amides is 1. The number of carbonyl (C=O) groups excluding carboxylic acids is 1. The van der Waals surface area contributed by atoms with Gasteiger partial charge in [0, 0.05) is 23.5 Å². The van der Waals surface area contributed by atoms with Gasteiger partial charge in [-0.25, -0.2) is 22.6 Å². The number of nitrogens with one attached hydrogen (secondary N) is 3. The predicted molar refractivity (Wildman–Crippen MR) is 117 cm³/mol. The molecule has 0 aliphatic rings. The second-order valence-electron chi connectivity index (χ2n) is 6.22. The lowest BCUT2D eigenvalue weighted by Crippen LogP contribution is -2.26. The number of amidine groups is 1. The minimum Gasteiger partial charge on any atom is -0.351 e. The van der Waals surface area contributed by atoms with E-state index < -0.39 is 21.7 Å². The third kappa shape index (κ3) is 6.03. The van der Waals surface area contributed by atoms with Gasteiger partial charge in [-0.05, 0) is 52.8 Å². The third-order valence-electron chi connectivity index (χ3n) is 3.96. The smallest absolute Gasteiger partial charge is 0.251 e. The quantitative estimate of drug-likeness (QED) is 0.159. The summed E-state index contributed by atoms with van der Waals surface area (Å²) in [4.78, 5) is 12.1. The Labute approximate surface area is 191 Å². The van der Waals surface area contributed by atoms with Gasteiger partial charge in [-0.15, -0.1) is 0 Å². The van der Waals surface area contributed by atoms with Gasteiger partial charge in [0.1, 0.15) is 5.82 Å². The van der Waals surface area contributed by atoms with Crippen LogP contribution in [0.2, 0.25) is 5.02 Å². The summed E-state index contributed by atoms with van der Waals surface area (Å²) >= 11 is 6.93. The Morgan fingerprint density at radius 2 is 1.94 bits per heavy atom. The van der Waals surface area contributed by atoms with Crippen molar-refractivity contribution in [3.8, 4) is 0 Å². The minimum absolute atomic E-state index is 0.0883. The molecule has 1 heterocycles. The zero-order chi connectivity index (χ0) is 23.3. The number of carbonyl (C=O) groups is 1. The number of thioether (sulfide) groups is 1. The Balaban J connectivity index is 1.51. The van der Waals surface area contributed by atoms with Crippen molar-refractivity contribution < 1.29 is 22.2 Å². The fourth-order valence-electron chi connectivity index (χ4n) is 2.42. The molecule has 5 N–H and O–H groups in total. The van der Waals surface area contributed by atoms with Crippen molar-refractivity contribution in [1.82, 2.24) is 15.6 Å². The molecule has 0 saturated carbocycles. The second-order valence-corrected chi connectivity index (χ2v) is 9.27. The zero-order valence-electron chi connectivity index (χ0n) is 16.1. The van der Waals surface area contributed by atoms with Crippen LogP contribution in [-0.2, 0) is 10.0 Å². The van der Waals surface area contributed by atoms with Gasteiger partial charge in [0.05, 0.1) is 9.92 Å². The largest absolute Gasteiger partial charge is 0.351 e. The summed E-state index contributed by atoms with van der Waals surface area (Å²) in [7, 11) is -3.83. The molecule has 2 aromatic carbocycles. The Morgan fingerprint density at radius 3 is 2.59 bits per heavy atom. The number of benzene rings is 2. The second kappa shape index (κ2) is 10.1. The number of anilines is 1. The van der Waals surface area contributed by atoms with Crippen LogP contribution in [0.4, 0.5) is 10.1 Å². The number of hydrogen-bond acceptors (Lipinski definition) is 8. The maximum atomic E-state index is 13.3. The molecule has 0 radical (unpaired) electrons. The summed E-state index contributed by atoms with van der Waals surface area (Å²) in [5.41, 5.74) is 0.802. The molecule has 0 atom stereocenters. The molecule has 3 rings (SSSR count). The molecule has 0 bridgehead atoms. The first-order valence-electron chi connectivity index (χ1n) is 8.82. The van der Waals surface area contributed by atoms with E-state index >= 15 is 0 Å². The Hall–Kier alpha value is -3.00. The van der Waals surface area contributed by atoms with E-state index in [1.54, 1.807) is 0 Å². The molecule has 32 heavy (non-hydrogen) atoms. The monoisotopic (exact) mass is 498 g/mol. The summed E-state index contributed by atoms with van der Waals surface area (Å²) < 4.78 is 40.5. The lowest BCUT2D eigenvalue weighted by molar-refractivity contribution is 0.0956. The van der Waals surface area contributed by atoms with Crippen molar-refractivity contribution in [2.75, 3.05) is 17.6 Å². The number of halogens is 2. The maximum absolute atomic E-state index is 13.3. The summed E-state index contributed by atoms with van der Waals surface area (Å²) in [6.45, 7) is 0.251. The summed E-state index contributed by atoms with van der Waals surface area (Å²) in [6, 6.07) is 9.13. The van der Waals surface area contributed by atoms with Gasteiger partial charge in [0.25, 0.3) is 5.91 Å². The van der Waals surface area contributed by atoms with Crippen LogP contribution in [0.25, 0.3) is 0 Å². The molecule has 1 aromatic heterocycles. The van der Waals surface area contributed by atoms with Crippen molar-refractivity contribution in [1.29, 1.82) is 5.41 Å². The molecule has 3 aromatic rings. The van der Waals surface area contributed by atoms with E-state index in [1.807, 2.05) is 0 Å². The van der Waals surface area contributed by atoms with Crippen LogP contribution >= 0.6 is 23.4 Å². The number of nitrogens with two attached hydrogens (primary N) is 1. The van der Waals surface area contributed by atoms with Crippen LogP contribution in [0.3, 0.4) is 0 Å². The molecule has 0 aliphatic carbocycles. The molecule has 0 fully saturated rings. The average molecular weight is 499 g/mol. The number of rotatable bonds is 8. The standard InChI is InChI=1S/C18H16ClFN6O4S2/c19-13-9-11(3-6-14(13)20)24-16(21)15-18(26-30-25-15)31-8-7-23-17(27)10-1-4-12(5-2-10)32(22,28)29/h1-6,9H,7-8H2,(H2,21,24)(H,23,27)(H2,22,28,29). The normalized spacial score (nSPS) is 11.2. The fourth-order valence-corrected chi connectivity index (χ4v) is 3.87. The number of aromatic nitrogens is 2. The number of sulfonamides is 1. The molecule has 0 saturated heterocycles. The van der Waals surface area contributed by atoms with Crippen molar-refractivity contribution in [3.05, 3.63) is 64.6 Å². The van der Waals surface area contributed by atoms with Crippen LogP contribution in [0.5, 0.6) is 0 Å². The molecule has 10 nitrogen and oxygen atoms in total. The van der Waals surface area contributed by atoms with E-state index in [4.69, 9.17) is 26.8 Å². The van der Waals surface area contributed by atoms with Gasteiger partial charge in [-0.1, -0.05) is 23.4 Å². The number of primary sulfonamides is 1. The van der Waals surface area contributed by atoms with Crippen LogP contribution in [-0.4, -0.2) is 42.8 Å². The van der Waals surface area contributed by atoms with Crippen molar-refractivity contribution >= 4 is 50.8 Å². The Morgan fingerprint density at radius 1 is 1.22 bits per heavy atom. The van der Waals surface area contributed by atoms with Gasteiger partial charge in [0.15, 0.2) is 16.6 Å². The van der Waals surface area contributed by atoms with E-state index in [2.05, 4.69) is 20.9 Å². The average Bonchev–Trinajstić information content (AvgIpc) is 3.22. The van der Waals surface area contributed by atoms with Crippen molar-refractivity contribution in [2.24, 2.45) is 5.14 Å². The van der Waals surface area contributed by atoms with Crippen LogP contribution in [0, 0.1) is 11.2 Å². The molecule has 1 amide bonds. The van der Waals surface area contributed by atoms with E-state index in [0.29, 0.717) is 16.5 Å². The molecular weight excluding hydrogens is 483 g/mol. The van der Waals surface area contributed by atoms with Gasteiger partial charge < -0.3 is 10.6 Å². The molecule has 168 valence electrons. The zero-order valence-corrected chi connectivity index (χ0v) is 18.5. The Bertz CT molecular complexity index is 1250. The van der Waals surface area contributed by atoms with Gasteiger partial charge in [-0.2, -0.15) is 0 Å². The van der Waals surface area contributed by atoms with E-state index in [0.717, 1.165) is 0 Å². The fraction of sp³-hybridized carbons (Fsp3) is 0.111. The molecule has 0 unspecified atom stereocenters. The first-order chi connectivity index (χ1) is 15.1.